The normalized spacial score (nSPS) is 11.1. The number of rotatable bonds is 4. The van der Waals surface area contributed by atoms with Crippen molar-refractivity contribution in [1.29, 1.82) is 0 Å². The highest BCUT2D eigenvalue weighted by molar-refractivity contribution is 6.30. The molecule has 31 heavy (non-hydrogen) atoms. The summed E-state index contributed by atoms with van der Waals surface area (Å²) in [7, 11) is 0. The first kappa shape index (κ1) is 19.5. The van der Waals surface area contributed by atoms with Gasteiger partial charge in [-0.15, -0.1) is 5.10 Å². The molecular weight excluding hydrogens is 431 g/mol. The van der Waals surface area contributed by atoms with Crippen molar-refractivity contribution in [2.24, 2.45) is 0 Å². The van der Waals surface area contributed by atoms with Crippen LogP contribution >= 0.6 is 23.2 Å². The van der Waals surface area contributed by atoms with E-state index < -0.39 is 0 Å². The van der Waals surface area contributed by atoms with Crippen molar-refractivity contribution in [3.05, 3.63) is 94.6 Å². The average molecular weight is 447 g/mol. The van der Waals surface area contributed by atoms with E-state index in [2.05, 4.69) is 20.6 Å². The fraction of sp³-hybridized carbons (Fsp3) is 0.0435. The van der Waals surface area contributed by atoms with Crippen molar-refractivity contribution in [2.45, 2.75) is 6.92 Å². The third kappa shape index (κ3) is 3.71. The second kappa shape index (κ2) is 7.98. The summed E-state index contributed by atoms with van der Waals surface area (Å²) < 4.78 is 3.56. The molecule has 5 rings (SSSR count). The number of halogens is 2. The number of nitrogens with zero attached hydrogens (tertiary/aromatic N) is 6. The molecule has 0 aliphatic heterocycles. The molecular formula is C23H16Cl2N6. The Morgan fingerprint density at radius 3 is 1.97 bits per heavy atom. The van der Waals surface area contributed by atoms with Gasteiger partial charge in [0, 0.05) is 15.6 Å². The zero-order chi connectivity index (χ0) is 21.4. The number of tetrazole rings is 1. The van der Waals surface area contributed by atoms with Crippen LogP contribution in [0.3, 0.4) is 0 Å². The van der Waals surface area contributed by atoms with Gasteiger partial charge in [-0.2, -0.15) is 9.78 Å². The van der Waals surface area contributed by atoms with Gasteiger partial charge in [0.2, 0.25) is 0 Å². The lowest BCUT2D eigenvalue weighted by Gasteiger charge is -2.11. The van der Waals surface area contributed by atoms with Crippen LogP contribution in [0.4, 0.5) is 0 Å². The van der Waals surface area contributed by atoms with Crippen molar-refractivity contribution < 1.29 is 0 Å². The van der Waals surface area contributed by atoms with Crippen LogP contribution in [0.15, 0.2) is 79.0 Å². The molecule has 0 saturated heterocycles. The lowest BCUT2D eigenvalue weighted by atomic mass is 10.1. The van der Waals surface area contributed by atoms with E-state index in [9.17, 15) is 0 Å². The summed E-state index contributed by atoms with van der Waals surface area (Å²) in [5.41, 5.74) is 5.48. The predicted octanol–water partition coefficient (Wildman–Crippen LogP) is 5.80. The zero-order valence-corrected chi connectivity index (χ0v) is 18.0. The van der Waals surface area contributed by atoms with Crippen LogP contribution in [0, 0.1) is 6.92 Å². The van der Waals surface area contributed by atoms with E-state index in [1.165, 1.54) is 0 Å². The third-order valence-electron chi connectivity index (χ3n) is 4.95. The number of aromatic nitrogens is 6. The van der Waals surface area contributed by atoms with Gasteiger partial charge in [-0.3, -0.25) is 0 Å². The molecule has 0 unspecified atom stereocenters. The molecule has 3 aromatic carbocycles. The number of benzene rings is 3. The zero-order valence-electron chi connectivity index (χ0n) is 16.4. The maximum atomic E-state index is 6.13. The second-order valence-corrected chi connectivity index (χ2v) is 7.92. The van der Waals surface area contributed by atoms with E-state index in [0.29, 0.717) is 15.9 Å². The Hall–Kier alpha value is -3.48. The molecule has 0 fully saturated rings. The van der Waals surface area contributed by atoms with E-state index in [1.807, 2.05) is 84.4 Å². The number of aryl methyl sites for hydroxylation is 1. The smallest absolute Gasteiger partial charge is 0.190 e. The van der Waals surface area contributed by atoms with Gasteiger partial charge >= 0.3 is 0 Å². The van der Waals surface area contributed by atoms with Crippen LogP contribution in [0.25, 0.3) is 34.0 Å². The molecule has 2 aromatic heterocycles. The third-order valence-corrected chi connectivity index (χ3v) is 5.45. The monoisotopic (exact) mass is 446 g/mol. The van der Waals surface area contributed by atoms with Crippen LogP contribution in [0.2, 0.25) is 10.0 Å². The minimum absolute atomic E-state index is 0.592. The summed E-state index contributed by atoms with van der Waals surface area (Å²) >= 11 is 12.2. The Balaban J connectivity index is 1.72. The highest BCUT2D eigenvalue weighted by Crippen LogP contribution is 2.34. The lowest BCUT2D eigenvalue weighted by Crippen LogP contribution is -2.02. The molecule has 0 atom stereocenters. The molecule has 0 N–H and O–H groups in total. The van der Waals surface area contributed by atoms with E-state index in [4.69, 9.17) is 23.2 Å². The largest absolute Gasteiger partial charge is 0.232 e. The van der Waals surface area contributed by atoms with E-state index in [-0.39, 0.29) is 0 Å². The predicted molar refractivity (Wildman–Crippen MR) is 122 cm³/mol. The SMILES string of the molecule is Cc1ccc(-n2nnnc2-c2cnn(-c3ccc(Cl)cc3)c2-c2ccc(Cl)cc2)cc1. The molecule has 152 valence electrons. The van der Waals surface area contributed by atoms with Gasteiger partial charge in [-0.05, 0) is 65.9 Å². The minimum Gasteiger partial charge on any atom is -0.232 e. The van der Waals surface area contributed by atoms with Gasteiger partial charge in [-0.25, -0.2) is 4.68 Å². The summed E-state index contributed by atoms with van der Waals surface area (Å²) in [5, 5.41) is 18.4. The van der Waals surface area contributed by atoms with E-state index >= 15 is 0 Å². The molecule has 6 nitrogen and oxygen atoms in total. The minimum atomic E-state index is 0.592. The summed E-state index contributed by atoms with van der Waals surface area (Å²) in [6, 6.07) is 23.1. The van der Waals surface area contributed by atoms with Gasteiger partial charge < -0.3 is 0 Å². The topological polar surface area (TPSA) is 61.4 Å². The summed E-state index contributed by atoms with van der Waals surface area (Å²) in [4.78, 5) is 0. The molecule has 2 heterocycles. The quantitative estimate of drug-likeness (QED) is 0.350. The highest BCUT2D eigenvalue weighted by Gasteiger charge is 2.21. The van der Waals surface area contributed by atoms with Gasteiger partial charge in [0.25, 0.3) is 0 Å². The number of hydrogen-bond acceptors (Lipinski definition) is 4. The fourth-order valence-electron chi connectivity index (χ4n) is 3.39. The van der Waals surface area contributed by atoms with E-state index in [0.717, 1.165) is 33.8 Å². The summed E-state index contributed by atoms with van der Waals surface area (Å²) in [5.74, 6) is 0.592. The van der Waals surface area contributed by atoms with Crippen LogP contribution < -0.4 is 0 Å². The van der Waals surface area contributed by atoms with Crippen LogP contribution in [0.5, 0.6) is 0 Å². The van der Waals surface area contributed by atoms with Crippen molar-refractivity contribution >= 4 is 23.2 Å². The van der Waals surface area contributed by atoms with Gasteiger partial charge in [0.1, 0.15) is 0 Å². The maximum absolute atomic E-state index is 6.13. The Kier molecular flexibility index (Phi) is 5.02. The van der Waals surface area contributed by atoms with Crippen molar-refractivity contribution in [1.82, 2.24) is 30.0 Å². The first-order valence-electron chi connectivity index (χ1n) is 9.56. The van der Waals surface area contributed by atoms with Crippen LogP contribution in [0.1, 0.15) is 5.56 Å². The number of hydrogen-bond donors (Lipinski definition) is 0. The summed E-state index contributed by atoms with van der Waals surface area (Å²) in [6.07, 6.45) is 1.77. The van der Waals surface area contributed by atoms with Crippen molar-refractivity contribution in [2.75, 3.05) is 0 Å². The molecule has 0 amide bonds. The van der Waals surface area contributed by atoms with Crippen molar-refractivity contribution in [3.8, 4) is 34.0 Å². The molecule has 0 aliphatic carbocycles. The summed E-state index contributed by atoms with van der Waals surface area (Å²) in [6.45, 7) is 2.04. The lowest BCUT2D eigenvalue weighted by molar-refractivity contribution is 0.791. The molecule has 0 aliphatic rings. The molecule has 5 aromatic rings. The van der Waals surface area contributed by atoms with Crippen molar-refractivity contribution in [3.63, 3.8) is 0 Å². The van der Waals surface area contributed by atoms with Gasteiger partial charge in [0.05, 0.1) is 28.8 Å². The first-order valence-corrected chi connectivity index (χ1v) is 10.3. The second-order valence-electron chi connectivity index (χ2n) is 7.05. The Morgan fingerprint density at radius 1 is 0.710 bits per heavy atom. The molecule has 0 saturated carbocycles. The van der Waals surface area contributed by atoms with Gasteiger partial charge in [0.15, 0.2) is 5.82 Å². The van der Waals surface area contributed by atoms with Crippen LogP contribution in [-0.2, 0) is 0 Å². The Labute approximate surface area is 188 Å². The maximum Gasteiger partial charge on any atom is 0.190 e. The molecule has 0 spiro atoms. The molecule has 0 bridgehead atoms. The average Bonchev–Trinajstić information content (AvgIpc) is 3.43. The highest BCUT2D eigenvalue weighted by atomic mass is 35.5. The Bertz CT molecular complexity index is 1340. The van der Waals surface area contributed by atoms with Crippen LogP contribution in [-0.4, -0.2) is 30.0 Å². The van der Waals surface area contributed by atoms with Gasteiger partial charge in [-0.1, -0.05) is 53.0 Å². The first-order chi connectivity index (χ1) is 15.1. The standard InChI is InChI=1S/C23H16Cl2N6/c1-15-2-10-20(11-3-15)31-23(27-28-29-31)21-14-26-30(19-12-8-18(25)9-13-19)22(21)16-4-6-17(24)7-5-16/h2-14H,1H3. The fourth-order valence-corrected chi connectivity index (χ4v) is 3.64. The Morgan fingerprint density at radius 2 is 1.29 bits per heavy atom. The molecule has 0 radical (unpaired) electrons. The molecule has 8 heteroatoms. The van der Waals surface area contributed by atoms with E-state index in [1.54, 1.807) is 10.9 Å².